The molecule has 0 amide bonds. The van der Waals surface area contributed by atoms with E-state index in [0.29, 0.717) is 6.54 Å². The second kappa shape index (κ2) is 5.89. The highest BCUT2D eigenvalue weighted by molar-refractivity contribution is 5.30. The fraction of sp³-hybridized carbons (Fsp3) is 0.400. The molecule has 1 unspecified atom stereocenters. The summed E-state index contributed by atoms with van der Waals surface area (Å²) in [7, 11) is 1.68. The second-order valence-electron chi connectivity index (χ2n) is 4.63. The Morgan fingerprint density at radius 1 is 1.37 bits per heavy atom. The third-order valence-electron chi connectivity index (χ3n) is 3.23. The van der Waals surface area contributed by atoms with Crippen molar-refractivity contribution in [1.29, 1.82) is 0 Å². The van der Waals surface area contributed by atoms with Crippen LogP contribution in [0, 0.1) is 13.8 Å². The first-order valence-electron chi connectivity index (χ1n) is 6.40. The van der Waals surface area contributed by atoms with Gasteiger partial charge in [0.2, 0.25) is 5.89 Å². The van der Waals surface area contributed by atoms with Crippen LogP contribution in [0.2, 0.25) is 0 Å². The molecule has 0 saturated heterocycles. The van der Waals surface area contributed by atoms with Crippen molar-refractivity contribution in [3.05, 3.63) is 47.2 Å². The first-order valence-corrected chi connectivity index (χ1v) is 6.40. The molecule has 1 aromatic heterocycles. The van der Waals surface area contributed by atoms with Crippen molar-refractivity contribution in [2.45, 2.75) is 33.4 Å². The maximum Gasteiger partial charge on any atom is 0.208 e. The van der Waals surface area contributed by atoms with Crippen molar-refractivity contribution in [2.24, 2.45) is 0 Å². The van der Waals surface area contributed by atoms with E-state index in [1.54, 1.807) is 7.11 Å². The van der Waals surface area contributed by atoms with Crippen LogP contribution in [-0.4, -0.2) is 12.1 Å². The van der Waals surface area contributed by atoms with E-state index in [2.05, 4.69) is 23.3 Å². The lowest BCUT2D eigenvalue weighted by Crippen LogP contribution is -2.18. The van der Waals surface area contributed by atoms with Gasteiger partial charge in [-0.05, 0) is 38.5 Å². The SMILES string of the molecule is COc1cccc(C(C)NCc2nc(C)c(C)o2)c1. The Labute approximate surface area is 113 Å². The normalized spacial score (nSPS) is 12.4. The summed E-state index contributed by atoms with van der Waals surface area (Å²) in [5, 5.41) is 3.40. The Bertz CT molecular complexity index is 529. The third-order valence-corrected chi connectivity index (χ3v) is 3.23. The van der Waals surface area contributed by atoms with Crippen LogP contribution in [0.5, 0.6) is 5.75 Å². The fourth-order valence-corrected chi connectivity index (χ4v) is 1.88. The number of nitrogens with one attached hydrogen (secondary N) is 1. The minimum Gasteiger partial charge on any atom is -0.497 e. The topological polar surface area (TPSA) is 47.3 Å². The summed E-state index contributed by atoms with van der Waals surface area (Å²) in [6.07, 6.45) is 0. The van der Waals surface area contributed by atoms with Crippen LogP contribution in [0.1, 0.15) is 35.9 Å². The lowest BCUT2D eigenvalue weighted by Gasteiger charge is -2.13. The lowest BCUT2D eigenvalue weighted by molar-refractivity contribution is 0.411. The molecule has 0 aliphatic rings. The van der Waals surface area contributed by atoms with Gasteiger partial charge in [0.25, 0.3) is 0 Å². The first kappa shape index (κ1) is 13.6. The van der Waals surface area contributed by atoms with Crippen molar-refractivity contribution in [1.82, 2.24) is 10.3 Å². The van der Waals surface area contributed by atoms with E-state index < -0.39 is 0 Å². The van der Waals surface area contributed by atoms with Crippen molar-refractivity contribution in [2.75, 3.05) is 7.11 Å². The molecule has 0 aliphatic carbocycles. The van der Waals surface area contributed by atoms with Crippen LogP contribution < -0.4 is 10.1 Å². The highest BCUT2D eigenvalue weighted by atomic mass is 16.5. The van der Waals surface area contributed by atoms with Gasteiger partial charge in [-0.3, -0.25) is 0 Å². The summed E-state index contributed by atoms with van der Waals surface area (Å²) in [6.45, 7) is 6.61. The molecular formula is C15H20N2O2. The maximum absolute atomic E-state index is 5.55. The van der Waals surface area contributed by atoms with Crippen LogP contribution >= 0.6 is 0 Å². The lowest BCUT2D eigenvalue weighted by atomic mass is 10.1. The second-order valence-corrected chi connectivity index (χ2v) is 4.63. The molecule has 0 bridgehead atoms. The summed E-state index contributed by atoms with van der Waals surface area (Å²) >= 11 is 0. The molecule has 4 heteroatoms. The van der Waals surface area contributed by atoms with Gasteiger partial charge in [-0.15, -0.1) is 0 Å². The number of aromatic nitrogens is 1. The van der Waals surface area contributed by atoms with E-state index in [1.807, 2.05) is 32.0 Å². The monoisotopic (exact) mass is 260 g/mol. The van der Waals surface area contributed by atoms with E-state index in [1.165, 1.54) is 5.56 Å². The fourth-order valence-electron chi connectivity index (χ4n) is 1.88. The minimum absolute atomic E-state index is 0.211. The Kier molecular flexibility index (Phi) is 4.22. The Morgan fingerprint density at radius 2 is 2.16 bits per heavy atom. The van der Waals surface area contributed by atoms with Crippen molar-refractivity contribution in [3.8, 4) is 5.75 Å². The Hall–Kier alpha value is -1.81. The van der Waals surface area contributed by atoms with Gasteiger partial charge in [-0.1, -0.05) is 12.1 Å². The molecule has 0 aliphatic heterocycles. The van der Waals surface area contributed by atoms with Gasteiger partial charge in [0, 0.05) is 6.04 Å². The largest absolute Gasteiger partial charge is 0.497 e. The van der Waals surface area contributed by atoms with Gasteiger partial charge < -0.3 is 14.5 Å². The minimum atomic E-state index is 0.211. The van der Waals surface area contributed by atoms with E-state index in [-0.39, 0.29) is 6.04 Å². The Balaban J connectivity index is 1.98. The smallest absolute Gasteiger partial charge is 0.208 e. The molecular weight excluding hydrogens is 240 g/mol. The third kappa shape index (κ3) is 3.35. The van der Waals surface area contributed by atoms with Crippen LogP contribution in [0.25, 0.3) is 0 Å². The maximum atomic E-state index is 5.55. The van der Waals surface area contributed by atoms with Gasteiger partial charge in [-0.2, -0.15) is 0 Å². The molecule has 2 rings (SSSR count). The summed E-state index contributed by atoms with van der Waals surface area (Å²) in [6, 6.07) is 8.25. The molecule has 19 heavy (non-hydrogen) atoms. The van der Waals surface area contributed by atoms with E-state index in [4.69, 9.17) is 9.15 Å². The number of ether oxygens (including phenoxy) is 1. The number of aryl methyl sites for hydroxylation is 2. The molecule has 0 saturated carbocycles. The molecule has 0 radical (unpaired) electrons. The zero-order valence-electron chi connectivity index (χ0n) is 11.9. The molecule has 1 atom stereocenters. The zero-order chi connectivity index (χ0) is 13.8. The number of methoxy groups -OCH3 is 1. The molecule has 0 spiro atoms. The number of hydrogen-bond donors (Lipinski definition) is 1. The van der Waals surface area contributed by atoms with Gasteiger partial charge in [-0.25, -0.2) is 4.98 Å². The van der Waals surface area contributed by atoms with Crippen LogP contribution in [-0.2, 0) is 6.54 Å². The van der Waals surface area contributed by atoms with Gasteiger partial charge >= 0.3 is 0 Å². The summed E-state index contributed by atoms with van der Waals surface area (Å²) in [5.74, 6) is 2.48. The predicted octanol–water partition coefficient (Wildman–Crippen LogP) is 3.15. The predicted molar refractivity (Wildman–Crippen MR) is 74.2 cm³/mol. The molecule has 1 aromatic carbocycles. The van der Waals surface area contributed by atoms with Gasteiger partial charge in [0.05, 0.1) is 19.3 Å². The van der Waals surface area contributed by atoms with E-state index >= 15 is 0 Å². The van der Waals surface area contributed by atoms with Crippen LogP contribution in [0.4, 0.5) is 0 Å². The summed E-state index contributed by atoms with van der Waals surface area (Å²) < 4.78 is 10.8. The highest BCUT2D eigenvalue weighted by Gasteiger charge is 2.09. The average molecular weight is 260 g/mol. The number of nitrogens with zero attached hydrogens (tertiary/aromatic N) is 1. The average Bonchev–Trinajstić information content (AvgIpc) is 2.75. The number of oxazole rings is 1. The van der Waals surface area contributed by atoms with Gasteiger partial charge in [0.1, 0.15) is 11.5 Å². The first-order chi connectivity index (χ1) is 9.10. The van der Waals surface area contributed by atoms with Crippen molar-refractivity contribution in [3.63, 3.8) is 0 Å². The highest BCUT2D eigenvalue weighted by Crippen LogP contribution is 2.19. The van der Waals surface area contributed by atoms with E-state index in [0.717, 1.165) is 23.1 Å². The molecule has 0 fully saturated rings. The van der Waals surface area contributed by atoms with Gasteiger partial charge in [0.15, 0.2) is 0 Å². The summed E-state index contributed by atoms with van der Waals surface area (Å²) in [4.78, 5) is 4.36. The standard InChI is InChI=1S/C15H20N2O2/c1-10-12(3)19-15(17-10)9-16-11(2)13-6-5-7-14(8-13)18-4/h5-8,11,16H,9H2,1-4H3. The Morgan fingerprint density at radius 3 is 2.79 bits per heavy atom. The quantitative estimate of drug-likeness (QED) is 0.897. The molecule has 2 aromatic rings. The van der Waals surface area contributed by atoms with Crippen molar-refractivity contribution >= 4 is 0 Å². The molecule has 4 nitrogen and oxygen atoms in total. The molecule has 102 valence electrons. The molecule has 1 heterocycles. The van der Waals surface area contributed by atoms with E-state index in [9.17, 15) is 0 Å². The zero-order valence-corrected chi connectivity index (χ0v) is 11.9. The van der Waals surface area contributed by atoms with Crippen molar-refractivity contribution < 1.29 is 9.15 Å². The van der Waals surface area contributed by atoms with Crippen LogP contribution in [0.3, 0.4) is 0 Å². The number of rotatable bonds is 5. The number of benzene rings is 1. The van der Waals surface area contributed by atoms with Crippen LogP contribution in [0.15, 0.2) is 28.7 Å². The molecule has 1 N–H and O–H groups in total. The summed E-state index contributed by atoms with van der Waals surface area (Å²) in [5.41, 5.74) is 2.13. The number of hydrogen-bond acceptors (Lipinski definition) is 4.